The highest BCUT2D eigenvalue weighted by Crippen LogP contribution is 2.18. The summed E-state index contributed by atoms with van der Waals surface area (Å²) in [5.41, 5.74) is 1.91. The summed E-state index contributed by atoms with van der Waals surface area (Å²) in [6.07, 6.45) is 14.2. The Kier molecular flexibility index (Phi) is 12.8. The maximum atomic E-state index is 12.2. The van der Waals surface area contributed by atoms with Crippen LogP contribution in [0.5, 0.6) is 0 Å². The first-order valence-electron chi connectivity index (χ1n) is 11.2. The van der Waals surface area contributed by atoms with E-state index in [2.05, 4.69) is 32.2 Å². The summed E-state index contributed by atoms with van der Waals surface area (Å²) in [6, 6.07) is 7.71. The van der Waals surface area contributed by atoms with Crippen LogP contribution in [0.2, 0.25) is 0 Å². The lowest BCUT2D eigenvalue weighted by Crippen LogP contribution is -2.22. The van der Waals surface area contributed by atoms with Gasteiger partial charge in [-0.1, -0.05) is 83.6 Å². The average Bonchev–Trinajstić information content (AvgIpc) is 2.68. The molecule has 0 saturated heterocycles. The quantitative estimate of drug-likeness (QED) is 0.247. The average molecular weight is 402 g/mol. The molecule has 1 rings (SSSR count). The van der Waals surface area contributed by atoms with Gasteiger partial charge in [0.1, 0.15) is 0 Å². The molecule has 29 heavy (non-hydrogen) atoms. The number of carbonyl (C=O) groups excluding carboxylic acids is 1. The van der Waals surface area contributed by atoms with Crippen molar-refractivity contribution in [2.24, 2.45) is 5.92 Å². The number of carboxylic acids is 1. The third kappa shape index (κ3) is 11.5. The molecule has 0 bridgehead atoms. The summed E-state index contributed by atoms with van der Waals surface area (Å²) in [4.78, 5) is 23.7. The number of aliphatic carboxylic acids is 1. The van der Waals surface area contributed by atoms with E-state index in [1.165, 1.54) is 44.1 Å². The standard InChI is InChI=1S/C25H39NO3/c1-4-5-6-7-8-9-10-11-12-13-14-22(25(28)29)19-24(27)26-23-17-15-21(16-18-23)20(2)3/h12-13,15-18,20,22H,4-11,14,19H2,1-3H3,(H,26,27)(H,28,29)/b13-12+. The fraction of sp³-hybridized carbons (Fsp3) is 0.600. The molecule has 0 heterocycles. The van der Waals surface area contributed by atoms with Crippen molar-refractivity contribution in [1.29, 1.82) is 0 Å². The van der Waals surface area contributed by atoms with Crippen LogP contribution in [0.3, 0.4) is 0 Å². The minimum absolute atomic E-state index is 0.0109. The predicted octanol–water partition coefficient (Wildman–Crippen LogP) is 6.93. The number of carboxylic acid groups (broad SMARTS) is 1. The lowest BCUT2D eigenvalue weighted by atomic mass is 10.00. The van der Waals surface area contributed by atoms with Gasteiger partial charge >= 0.3 is 5.97 Å². The van der Waals surface area contributed by atoms with E-state index in [9.17, 15) is 14.7 Å². The molecule has 0 aliphatic heterocycles. The number of hydrogen-bond donors (Lipinski definition) is 2. The van der Waals surface area contributed by atoms with Gasteiger partial charge in [-0.05, 0) is 42.9 Å². The highest BCUT2D eigenvalue weighted by Gasteiger charge is 2.20. The number of nitrogens with one attached hydrogen (secondary N) is 1. The molecule has 0 aliphatic rings. The van der Waals surface area contributed by atoms with Crippen LogP contribution in [0.1, 0.15) is 96.5 Å². The Morgan fingerprint density at radius 3 is 2.17 bits per heavy atom. The van der Waals surface area contributed by atoms with Crippen LogP contribution in [0.15, 0.2) is 36.4 Å². The maximum absolute atomic E-state index is 12.2. The monoisotopic (exact) mass is 401 g/mol. The van der Waals surface area contributed by atoms with Gasteiger partial charge in [0.2, 0.25) is 5.91 Å². The van der Waals surface area contributed by atoms with E-state index in [1.807, 2.05) is 30.3 Å². The minimum Gasteiger partial charge on any atom is -0.481 e. The highest BCUT2D eigenvalue weighted by atomic mass is 16.4. The Labute approximate surface area is 176 Å². The van der Waals surface area contributed by atoms with Crippen LogP contribution in [-0.4, -0.2) is 17.0 Å². The third-order valence-corrected chi connectivity index (χ3v) is 5.20. The van der Waals surface area contributed by atoms with E-state index in [0.29, 0.717) is 18.0 Å². The molecule has 1 unspecified atom stereocenters. The topological polar surface area (TPSA) is 66.4 Å². The molecule has 162 valence electrons. The predicted molar refractivity (Wildman–Crippen MR) is 121 cm³/mol. The smallest absolute Gasteiger partial charge is 0.307 e. The first-order valence-corrected chi connectivity index (χ1v) is 11.2. The molecule has 4 nitrogen and oxygen atoms in total. The lowest BCUT2D eigenvalue weighted by Gasteiger charge is -2.11. The summed E-state index contributed by atoms with van der Waals surface area (Å²) >= 11 is 0. The van der Waals surface area contributed by atoms with E-state index >= 15 is 0 Å². The van der Waals surface area contributed by atoms with E-state index in [0.717, 1.165) is 12.8 Å². The summed E-state index contributed by atoms with van der Waals surface area (Å²) < 4.78 is 0. The summed E-state index contributed by atoms with van der Waals surface area (Å²) in [6.45, 7) is 6.46. The molecular formula is C25H39NO3. The Bertz CT molecular complexity index is 619. The molecule has 0 spiro atoms. The molecule has 0 radical (unpaired) electrons. The van der Waals surface area contributed by atoms with E-state index in [4.69, 9.17) is 0 Å². The second-order valence-corrected chi connectivity index (χ2v) is 8.18. The van der Waals surface area contributed by atoms with Crippen LogP contribution in [0.4, 0.5) is 5.69 Å². The Balaban J connectivity index is 2.31. The first kappa shape index (κ1) is 24.9. The summed E-state index contributed by atoms with van der Waals surface area (Å²) in [5.74, 6) is -1.43. The van der Waals surface area contributed by atoms with E-state index < -0.39 is 11.9 Å². The fourth-order valence-corrected chi connectivity index (χ4v) is 3.26. The Hall–Kier alpha value is -2.10. The van der Waals surface area contributed by atoms with Crippen molar-refractivity contribution in [3.05, 3.63) is 42.0 Å². The second-order valence-electron chi connectivity index (χ2n) is 8.18. The van der Waals surface area contributed by atoms with Gasteiger partial charge in [0.15, 0.2) is 0 Å². The third-order valence-electron chi connectivity index (χ3n) is 5.20. The van der Waals surface area contributed by atoms with Crippen molar-refractivity contribution in [2.75, 3.05) is 5.32 Å². The van der Waals surface area contributed by atoms with Gasteiger partial charge in [-0.25, -0.2) is 0 Å². The SMILES string of the molecule is CCCCCCCCC/C=C/CC(CC(=O)Nc1ccc(C(C)C)cc1)C(=O)O. The van der Waals surface area contributed by atoms with Gasteiger partial charge in [-0.3, -0.25) is 9.59 Å². The maximum Gasteiger partial charge on any atom is 0.307 e. The lowest BCUT2D eigenvalue weighted by molar-refractivity contribution is -0.143. The largest absolute Gasteiger partial charge is 0.481 e. The summed E-state index contributed by atoms with van der Waals surface area (Å²) in [5, 5.41) is 12.2. The van der Waals surface area contributed by atoms with Crippen LogP contribution in [-0.2, 0) is 9.59 Å². The molecule has 0 aromatic heterocycles. The van der Waals surface area contributed by atoms with Crippen molar-refractivity contribution in [3.63, 3.8) is 0 Å². The fourth-order valence-electron chi connectivity index (χ4n) is 3.26. The molecule has 1 aromatic rings. The van der Waals surface area contributed by atoms with Gasteiger partial charge in [0.05, 0.1) is 5.92 Å². The number of unbranched alkanes of at least 4 members (excludes halogenated alkanes) is 7. The zero-order valence-electron chi connectivity index (χ0n) is 18.5. The normalized spacial score (nSPS) is 12.4. The van der Waals surface area contributed by atoms with E-state index in [1.54, 1.807) is 0 Å². The molecular weight excluding hydrogens is 362 g/mol. The van der Waals surface area contributed by atoms with Gasteiger partial charge in [-0.2, -0.15) is 0 Å². The van der Waals surface area contributed by atoms with Gasteiger partial charge in [0.25, 0.3) is 0 Å². The molecule has 2 N–H and O–H groups in total. The van der Waals surface area contributed by atoms with Gasteiger partial charge in [0, 0.05) is 12.1 Å². The van der Waals surface area contributed by atoms with Crippen molar-refractivity contribution in [2.45, 2.75) is 90.9 Å². The van der Waals surface area contributed by atoms with Crippen LogP contribution in [0.25, 0.3) is 0 Å². The van der Waals surface area contributed by atoms with Crippen LogP contribution < -0.4 is 5.32 Å². The van der Waals surface area contributed by atoms with Crippen LogP contribution >= 0.6 is 0 Å². The van der Waals surface area contributed by atoms with Crippen molar-refractivity contribution >= 4 is 17.6 Å². The first-order chi connectivity index (χ1) is 13.9. The highest BCUT2D eigenvalue weighted by molar-refractivity contribution is 5.93. The molecule has 0 aliphatic carbocycles. The second kappa shape index (κ2) is 14.8. The molecule has 1 atom stereocenters. The Morgan fingerprint density at radius 1 is 0.966 bits per heavy atom. The number of rotatable bonds is 15. The molecule has 4 heteroatoms. The van der Waals surface area contributed by atoms with Crippen molar-refractivity contribution < 1.29 is 14.7 Å². The van der Waals surface area contributed by atoms with Crippen molar-refractivity contribution in [3.8, 4) is 0 Å². The number of benzene rings is 1. The summed E-state index contributed by atoms with van der Waals surface area (Å²) in [7, 11) is 0. The molecule has 1 amide bonds. The molecule has 0 saturated carbocycles. The minimum atomic E-state index is -0.920. The molecule has 1 aromatic carbocycles. The van der Waals surface area contributed by atoms with Gasteiger partial charge in [-0.15, -0.1) is 0 Å². The number of allylic oxidation sites excluding steroid dienone is 2. The zero-order chi connectivity index (χ0) is 21.5. The number of carbonyl (C=O) groups is 2. The van der Waals surface area contributed by atoms with Gasteiger partial charge < -0.3 is 10.4 Å². The molecule has 0 fully saturated rings. The number of amides is 1. The Morgan fingerprint density at radius 2 is 1.59 bits per heavy atom. The number of hydrogen-bond acceptors (Lipinski definition) is 2. The van der Waals surface area contributed by atoms with E-state index in [-0.39, 0.29) is 12.3 Å². The zero-order valence-corrected chi connectivity index (χ0v) is 18.5. The number of anilines is 1. The van der Waals surface area contributed by atoms with Crippen molar-refractivity contribution in [1.82, 2.24) is 0 Å². The van der Waals surface area contributed by atoms with Crippen LogP contribution in [0, 0.1) is 5.92 Å².